The van der Waals surface area contributed by atoms with Gasteiger partial charge in [-0.3, -0.25) is 9.59 Å². The molecule has 2 heterocycles. The Balaban J connectivity index is 2.27. The molecule has 0 aliphatic carbocycles. The Morgan fingerprint density at radius 1 is 1.53 bits per heavy atom. The van der Waals surface area contributed by atoms with Crippen LogP contribution in [-0.2, 0) is 0 Å². The van der Waals surface area contributed by atoms with E-state index in [4.69, 9.17) is 0 Å². The highest BCUT2D eigenvalue weighted by Gasteiger charge is 2.26. The molecule has 5 nitrogen and oxygen atoms in total. The number of aliphatic hydroxyl groups excluding tert-OH is 1. The number of piperidine rings is 1. The molecule has 2 N–H and O–H groups in total. The normalized spacial score (nSPS) is 19.5. The quantitative estimate of drug-likeness (QED) is 0.831. The third-order valence-electron chi connectivity index (χ3n) is 3.64. The molecule has 0 spiro atoms. The fourth-order valence-corrected chi connectivity index (χ4v) is 2.68. The average molecular weight is 264 g/mol. The molecule has 1 saturated heterocycles. The zero-order chi connectivity index (χ0) is 14.0. The zero-order valence-electron chi connectivity index (χ0n) is 11.4. The van der Waals surface area contributed by atoms with E-state index in [-0.39, 0.29) is 29.6 Å². The summed E-state index contributed by atoms with van der Waals surface area (Å²) >= 11 is 0. The van der Waals surface area contributed by atoms with Gasteiger partial charge in [0.05, 0.1) is 0 Å². The van der Waals surface area contributed by atoms with E-state index < -0.39 is 0 Å². The van der Waals surface area contributed by atoms with Gasteiger partial charge in [-0.1, -0.05) is 0 Å². The van der Waals surface area contributed by atoms with Crippen LogP contribution in [0.1, 0.15) is 34.5 Å². The number of nitrogens with one attached hydrogen (secondary N) is 1. The molecule has 1 aromatic heterocycles. The molecule has 2 rings (SSSR count). The zero-order valence-corrected chi connectivity index (χ0v) is 11.4. The molecule has 1 aliphatic rings. The smallest absolute Gasteiger partial charge is 0.261 e. The number of aryl methyl sites for hydroxylation is 2. The van der Waals surface area contributed by atoms with Gasteiger partial charge >= 0.3 is 0 Å². The van der Waals surface area contributed by atoms with Crippen LogP contribution in [0.4, 0.5) is 0 Å². The van der Waals surface area contributed by atoms with Gasteiger partial charge in [0.1, 0.15) is 5.56 Å². The van der Waals surface area contributed by atoms with Gasteiger partial charge in [-0.05, 0) is 44.2 Å². The molecule has 1 fully saturated rings. The molecule has 0 aromatic carbocycles. The van der Waals surface area contributed by atoms with Gasteiger partial charge in [-0.15, -0.1) is 0 Å². The van der Waals surface area contributed by atoms with Crippen molar-refractivity contribution in [3.8, 4) is 0 Å². The van der Waals surface area contributed by atoms with Crippen LogP contribution in [0.15, 0.2) is 10.9 Å². The number of rotatable bonds is 2. The van der Waals surface area contributed by atoms with E-state index in [1.54, 1.807) is 18.7 Å². The maximum atomic E-state index is 12.4. The number of carbonyl (C=O) groups is 1. The van der Waals surface area contributed by atoms with Crippen LogP contribution >= 0.6 is 0 Å². The number of likely N-dealkylation sites (tertiary alicyclic amines) is 1. The van der Waals surface area contributed by atoms with Crippen LogP contribution in [-0.4, -0.2) is 40.6 Å². The second-order valence-electron chi connectivity index (χ2n) is 5.28. The van der Waals surface area contributed by atoms with Gasteiger partial charge in [0.2, 0.25) is 0 Å². The summed E-state index contributed by atoms with van der Waals surface area (Å²) in [6, 6.07) is 1.81. The molecule has 0 saturated carbocycles. The van der Waals surface area contributed by atoms with Crippen LogP contribution < -0.4 is 5.56 Å². The predicted molar refractivity (Wildman–Crippen MR) is 72.3 cm³/mol. The summed E-state index contributed by atoms with van der Waals surface area (Å²) in [4.78, 5) is 28.7. The number of H-pyrrole nitrogens is 1. The minimum atomic E-state index is -0.325. The van der Waals surface area contributed by atoms with Crippen LogP contribution in [0.25, 0.3) is 0 Å². The average Bonchev–Trinajstić information content (AvgIpc) is 2.37. The molecule has 104 valence electrons. The lowest BCUT2D eigenvalue weighted by Crippen LogP contribution is -2.43. The Hall–Kier alpha value is -1.62. The van der Waals surface area contributed by atoms with E-state index in [9.17, 15) is 14.7 Å². The highest BCUT2D eigenvalue weighted by Crippen LogP contribution is 2.18. The largest absolute Gasteiger partial charge is 0.396 e. The van der Waals surface area contributed by atoms with Crippen LogP contribution in [0.5, 0.6) is 0 Å². The molecule has 1 unspecified atom stereocenters. The van der Waals surface area contributed by atoms with Crippen LogP contribution in [0.3, 0.4) is 0 Å². The van der Waals surface area contributed by atoms with Crippen molar-refractivity contribution in [1.29, 1.82) is 0 Å². The number of hydrogen-bond donors (Lipinski definition) is 2. The molecule has 0 radical (unpaired) electrons. The fraction of sp³-hybridized carbons (Fsp3) is 0.571. The molecular weight excluding hydrogens is 244 g/mol. The van der Waals surface area contributed by atoms with E-state index >= 15 is 0 Å². The molecule has 19 heavy (non-hydrogen) atoms. The first-order valence-electron chi connectivity index (χ1n) is 6.63. The maximum absolute atomic E-state index is 12.4. The van der Waals surface area contributed by atoms with Crippen molar-refractivity contribution in [3.63, 3.8) is 0 Å². The number of aromatic amines is 1. The minimum absolute atomic E-state index is 0.0903. The third-order valence-corrected chi connectivity index (χ3v) is 3.64. The maximum Gasteiger partial charge on any atom is 0.261 e. The number of carbonyl (C=O) groups excluding carboxylic acids is 1. The topological polar surface area (TPSA) is 73.4 Å². The number of aliphatic hydroxyl groups is 1. The second-order valence-corrected chi connectivity index (χ2v) is 5.28. The monoisotopic (exact) mass is 264 g/mol. The van der Waals surface area contributed by atoms with Crippen molar-refractivity contribution in [1.82, 2.24) is 9.88 Å². The first kappa shape index (κ1) is 13.8. The second kappa shape index (κ2) is 5.57. The minimum Gasteiger partial charge on any atom is -0.396 e. The van der Waals surface area contributed by atoms with Gasteiger partial charge in [0.15, 0.2) is 0 Å². The van der Waals surface area contributed by atoms with Gasteiger partial charge in [-0.2, -0.15) is 0 Å². The Morgan fingerprint density at radius 2 is 2.26 bits per heavy atom. The molecule has 1 amide bonds. The van der Waals surface area contributed by atoms with Crippen LogP contribution in [0.2, 0.25) is 0 Å². The van der Waals surface area contributed by atoms with Crippen molar-refractivity contribution in [3.05, 3.63) is 33.2 Å². The van der Waals surface area contributed by atoms with E-state index in [1.165, 1.54) is 0 Å². The molecule has 1 atom stereocenters. The number of nitrogens with zero attached hydrogens (tertiary/aromatic N) is 1. The SMILES string of the molecule is Cc1cc(C)c(C(=O)N2CCCC(CO)C2)c(=O)[nH]1. The van der Waals surface area contributed by atoms with Gasteiger partial charge in [0, 0.05) is 25.4 Å². The van der Waals surface area contributed by atoms with E-state index in [0.717, 1.165) is 18.5 Å². The number of pyridine rings is 1. The van der Waals surface area contributed by atoms with E-state index in [1.807, 2.05) is 6.07 Å². The third kappa shape index (κ3) is 2.87. The van der Waals surface area contributed by atoms with Crippen molar-refractivity contribution in [2.24, 2.45) is 5.92 Å². The summed E-state index contributed by atoms with van der Waals surface area (Å²) < 4.78 is 0. The van der Waals surface area contributed by atoms with Crippen molar-refractivity contribution >= 4 is 5.91 Å². The highest BCUT2D eigenvalue weighted by atomic mass is 16.3. The Morgan fingerprint density at radius 3 is 2.89 bits per heavy atom. The highest BCUT2D eigenvalue weighted by molar-refractivity contribution is 5.95. The number of aromatic nitrogens is 1. The van der Waals surface area contributed by atoms with E-state index in [2.05, 4.69) is 4.98 Å². The number of hydrogen-bond acceptors (Lipinski definition) is 3. The first-order valence-corrected chi connectivity index (χ1v) is 6.63. The fourth-order valence-electron chi connectivity index (χ4n) is 2.68. The van der Waals surface area contributed by atoms with E-state index in [0.29, 0.717) is 18.7 Å². The molecule has 0 bridgehead atoms. The summed E-state index contributed by atoms with van der Waals surface area (Å²) in [5, 5.41) is 9.20. The van der Waals surface area contributed by atoms with Crippen molar-refractivity contribution < 1.29 is 9.90 Å². The molecule has 5 heteroatoms. The lowest BCUT2D eigenvalue weighted by molar-refractivity contribution is 0.0618. The van der Waals surface area contributed by atoms with Gasteiger partial charge in [0.25, 0.3) is 11.5 Å². The summed E-state index contributed by atoms with van der Waals surface area (Å²) in [5.74, 6) is -0.0977. The standard InChI is InChI=1S/C14H20N2O3/c1-9-6-10(2)15-13(18)12(9)14(19)16-5-3-4-11(7-16)8-17/h6,11,17H,3-5,7-8H2,1-2H3,(H,15,18). The predicted octanol–water partition coefficient (Wildman–Crippen LogP) is 0.836. The lowest BCUT2D eigenvalue weighted by atomic mass is 9.98. The Kier molecular flexibility index (Phi) is 4.04. The van der Waals surface area contributed by atoms with Crippen LogP contribution in [0, 0.1) is 19.8 Å². The summed E-state index contributed by atoms with van der Waals surface area (Å²) in [5.41, 5.74) is 1.36. The summed E-state index contributed by atoms with van der Waals surface area (Å²) in [7, 11) is 0. The Bertz CT molecular complexity index is 536. The van der Waals surface area contributed by atoms with Crippen molar-refractivity contribution in [2.45, 2.75) is 26.7 Å². The van der Waals surface area contributed by atoms with Gasteiger partial charge < -0.3 is 15.0 Å². The summed E-state index contributed by atoms with van der Waals surface area (Å²) in [6.07, 6.45) is 1.81. The molecular formula is C14H20N2O3. The molecule has 1 aromatic rings. The molecule has 1 aliphatic heterocycles. The van der Waals surface area contributed by atoms with Crippen molar-refractivity contribution in [2.75, 3.05) is 19.7 Å². The number of amides is 1. The van der Waals surface area contributed by atoms with Gasteiger partial charge in [-0.25, -0.2) is 0 Å². The Labute approximate surface area is 112 Å². The summed E-state index contributed by atoms with van der Waals surface area (Å²) in [6.45, 7) is 4.85. The lowest BCUT2D eigenvalue weighted by Gasteiger charge is -2.32. The first-order chi connectivity index (χ1) is 9.02.